The Balaban J connectivity index is 2.13. The van der Waals surface area contributed by atoms with E-state index in [1.807, 2.05) is 42.5 Å². The summed E-state index contributed by atoms with van der Waals surface area (Å²) in [6, 6.07) is 15.8. The number of hydrogen-bond acceptors (Lipinski definition) is 3. The summed E-state index contributed by atoms with van der Waals surface area (Å²) in [6.45, 7) is 0. The van der Waals surface area contributed by atoms with E-state index >= 15 is 0 Å². The Labute approximate surface area is 117 Å². The lowest BCUT2D eigenvalue weighted by Crippen LogP contribution is -2.31. The fourth-order valence-electron chi connectivity index (χ4n) is 2.56. The third kappa shape index (κ3) is 2.13. The first kappa shape index (κ1) is 12.6. The molecule has 0 bridgehead atoms. The minimum Gasteiger partial charge on any atom is -0.497 e. The zero-order valence-electron chi connectivity index (χ0n) is 10.8. The van der Waals surface area contributed by atoms with Crippen LogP contribution in [0.4, 0.5) is 0 Å². The molecule has 0 fully saturated rings. The standard InChI is InChI=1S/C16H16O2S/c1-18-13-6-4-5-12(11-13)16(17)9-10-19-15-8-3-2-7-14(15)16/h2-8,11,17H,9-10H2,1H3/t16-/m1/s1. The monoisotopic (exact) mass is 272 g/mol. The summed E-state index contributed by atoms with van der Waals surface area (Å²) in [4.78, 5) is 1.17. The third-order valence-electron chi connectivity index (χ3n) is 3.60. The van der Waals surface area contributed by atoms with Gasteiger partial charge in [-0.05, 0) is 30.2 Å². The minimum atomic E-state index is -0.906. The van der Waals surface area contributed by atoms with Crippen LogP contribution in [-0.4, -0.2) is 18.0 Å². The summed E-state index contributed by atoms with van der Waals surface area (Å²) >= 11 is 1.80. The van der Waals surface area contributed by atoms with Crippen molar-refractivity contribution in [2.24, 2.45) is 0 Å². The van der Waals surface area contributed by atoms with Gasteiger partial charge in [-0.3, -0.25) is 0 Å². The molecule has 19 heavy (non-hydrogen) atoms. The van der Waals surface area contributed by atoms with Gasteiger partial charge in [-0.15, -0.1) is 11.8 Å². The second-order valence-electron chi connectivity index (χ2n) is 4.69. The third-order valence-corrected chi connectivity index (χ3v) is 4.68. The Kier molecular flexibility index (Phi) is 3.25. The van der Waals surface area contributed by atoms with E-state index in [9.17, 15) is 5.11 Å². The van der Waals surface area contributed by atoms with E-state index in [4.69, 9.17) is 4.74 Å². The fraction of sp³-hybridized carbons (Fsp3) is 0.250. The number of aliphatic hydroxyl groups is 1. The molecule has 1 heterocycles. The summed E-state index contributed by atoms with van der Waals surface area (Å²) in [5.41, 5.74) is 0.996. The number of ether oxygens (including phenoxy) is 1. The van der Waals surface area contributed by atoms with E-state index in [0.717, 1.165) is 29.1 Å². The summed E-state index contributed by atoms with van der Waals surface area (Å²) in [5.74, 6) is 1.70. The first-order valence-electron chi connectivity index (χ1n) is 6.33. The fourth-order valence-corrected chi connectivity index (χ4v) is 3.74. The van der Waals surface area contributed by atoms with Gasteiger partial charge in [0.2, 0.25) is 0 Å². The molecular weight excluding hydrogens is 256 g/mol. The van der Waals surface area contributed by atoms with Gasteiger partial charge in [0.15, 0.2) is 0 Å². The Morgan fingerprint density at radius 2 is 2.00 bits per heavy atom. The Morgan fingerprint density at radius 1 is 1.16 bits per heavy atom. The average molecular weight is 272 g/mol. The highest BCUT2D eigenvalue weighted by atomic mass is 32.2. The number of hydrogen-bond donors (Lipinski definition) is 1. The van der Waals surface area contributed by atoms with Crippen molar-refractivity contribution < 1.29 is 9.84 Å². The molecule has 2 aromatic carbocycles. The van der Waals surface area contributed by atoms with Crippen molar-refractivity contribution >= 4 is 11.8 Å². The highest BCUT2D eigenvalue weighted by Crippen LogP contribution is 2.44. The maximum Gasteiger partial charge on any atom is 0.119 e. The molecule has 98 valence electrons. The molecule has 0 aromatic heterocycles. The van der Waals surface area contributed by atoms with Crippen LogP contribution in [0.25, 0.3) is 0 Å². The van der Waals surface area contributed by atoms with Crippen LogP contribution in [0.5, 0.6) is 5.75 Å². The molecule has 2 aromatic rings. The largest absolute Gasteiger partial charge is 0.497 e. The highest BCUT2D eigenvalue weighted by molar-refractivity contribution is 7.99. The molecule has 2 nitrogen and oxygen atoms in total. The van der Waals surface area contributed by atoms with Crippen LogP contribution in [0.1, 0.15) is 17.5 Å². The maximum absolute atomic E-state index is 11.1. The van der Waals surface area contributed by atoms with Gasteiger partial charge in [0.1, 0.15) is 11.4 Å². The molecule has 0 saturated carbocycles. The molecule has 0 saturated heterocycles. The second-order valence-corrected chi connectivity index (χ2v) is 5.82. The molecule has 1 aliphatic heterocycles. The average Bonchev–Trinajstić information content (AvgIpc) is 2.48. The minimum absolute atomic E-state index is 0.724. The van der Waals surface area contributed by atoms with Crippen LogP contribution >= 0.6 is 11.8 Å². The topological polar surface area (TPSA) is 29.5 Å². The van der Waals surface area contributed by atoms with Gasteiger partial charge < -0.3 is 9.84 Å². The van der Waals surface area contributed by atoms with E-state index in [0.29, 0.717) is 0 Å². The molecule has 1 N–H and O–H groups in total. The molecule has 0 unspecified atom stereocenters. The SMILES string of the molecule is COc1cccc([C@]2(O)CCSc3ccccc32)c1. The number of benzene rings is 2. The van der Waals surface area contributed by atoms with Crippen LogP contribution in [-0.2, 0) is 5.60 Å². The molecule has 3 rings (SSSR count). The van der Waals surface area contributed by atoms with Gasteiger partial charge >= 0.3 is 0 Å². The molecule has 0 aliphatic carbocycles. The van der Waals surface area contributed by atoms with Crippen molar-refractivity contribution in [2.45, 2.75) is 16.9 Å². The molecule has 3 heteroatoms. The van der Waals surface area contributed by atoms with E-state index in [-0.39, 0.29) is 0 Å². The molecular formula is C16H16O2S. The molecule has 0 spiro atoms. The highest BCUT2D eigenvalue weighted by Gasteiger charge is 2.36. The van der Waals surface area contributed by atoms with E-state index in [1.165, 1.54) is 4.90 Å². The maximum atomic E-state index is 11.1. The van der Waals surface area contributed by atoms with Gasteiger partial charge in [-0.25, -0.2) is 0 Å². The number of fused-ring (bicyclic) bond motifs is 1. The van der Waals surface area contributed by atoms with Crippen LogP contribution in [0.2, 0.25) is 0 Å². The van der Waals surface area contributed by atoms with E-state index in [2.05, 4.69) is 6.07 Å². The zero-order valence-corrected chi connectivity index (χ0v) is 11.6. The summed E-state index contributed by atoms with van der Waals surface area (Å²) in [7, 11) is 1.65. The van der Waals surface area contributed by atoms with E-state index in [1.54, 1.807) is 18.9 Å². The van der Waals surface area contributed by atoms with Gasteiger partial charge in [0.05, 0.1) is 7.11 Å². The Morgan fingerprint density at radius 3 is 2.84 bits per heavy atom. The quantitative estimate of drug-likeness (QED) is 0.908. The lowest BCUT2D eigenvalue weighted by atomic mass is 9.83. The molecule has 0 radical (unpaired) electrons. The zero-order chi connectivity index (χ0) is 13.3. The second kappa shape index (κ2) is 4.91. The normalized spacial score (nSPS) is 21.8. The molecule has 1 aliphatic rings. The first-order chi connectivity index (χ1) is 9.24. The van der Waals surface area contributed by atoms with Crippen molar-refractivity contribution in [1.82, 2.24) is 0 Å². The van der Waals surface area contributed by atoms with E-state index < -0.39 is 5.60 Å². The summed E-state index contributed by atoms with van der Waals surface area (Å²) < 4.78 is 5.26. The lowest BCUT2D eigenvalue weighted by molar-refractivity contribution is 0.0729. The summed E-state index contributed by atoms with van der Waals surface area (Å²) in [5, 5.41) is 11.1. The molecule has 1 atom stereocenters. The van der Waals surface area contributed by atoms with Crippen molar-refractivity contribution in [3.8, 4) is 5.75 Å². The summed E-state index contributed by atoms with van der Waals surface area (Å²) in [6.07, 6.45) is 0.724. The van der Waals surface area contributed by atoms with Crippen molar-refractivity contribution in [1.29, 1.82) is 0 Å². The number of thioether (sulfide) groups is 1. The van der Waals surface area contributed by atoms with Crippen LogP contribution < -0.4 is 4.74 Å². The predicted molar refractivity (Wildman–Crippen MR) is 77.8 cm³/mol. The van der Waals surface area contributed by atoms with Crippen molar-refractivity contribution in [2.75, 3.05) is 12.9 Å². The van der Waals surface area contributed by atoms with Crippen molar-refractivity contribution in [3.63, 3.8) is 0 Å². The van der Waals surface area contributed by atoms with Gasteiger partial charge in [-0.2, -0.15) is 0 Å². The van der Waals surface area contributed by atoms with Crippen molar-refractivity contribution in [3.05, 3.63) is 59.7 Å². The Hall–Kier alpha value is -1.45. The van der Waals surface area contributed by atoms with Crippen LogP contribution in [0, 0.1) is 0 Å². The lowest BCUT2D eigenvalue weighted by Gasteiger charge is -2.34. The smallest absolute Gasteiger partial charge is 0.119 e. The number of rotatable bonds is 2. The van der Waals surface area contributed by atoms with Crippen LogP contribution in [0.15, 0.2) is 53.4 Å². The first-order valence-corrected chi connectivity index (χ1v) is 7.32. The predicted octanol–water partition coefficient (Wildman–Crippen LogP) is 3.43. The molecule has 0 amide bonds. The van der Waals surface area contributed by atoms with Gasteiger partial charge in [0, 0.05) is 16.2 Å². The van der Waals surface area contributed by atoms with Crippen LogP contribution in [0.3, 0.4) is 0 Å². The number of methoxy groups -OCH3 is 1. The Bertz CT molecular complexity index is 597. The van der Waals surface area contributed by atoms with Gasteiger partial charge in [0.25, 0.3) is 0 Å². The van der Waals surface area contributed by atoms with Gasteiger partial charge in [-0.1, -0.05) is 30.3 Å².